The first kappa shape index (κ1) is 11.1. The van der Waals surface area contributed by atoms with E-state index in [1.54, 1.807) is 6.92 Å². The van der Waals surface area contributed by atoms with Crippen LogP contribution in [0.3, 0.4) is 0 Å². The molecule has 0 fully saturated rings. The summed E-state index contributed by atoms with van der Waals surface area (Å²) >= 11 is 10.3. The predicted molar refractivity (Wildman–Crippen MR) is 45.7 cm³/mol. The summed E-state index contributed by atoms with van der Waals surface area (Å²) in [5.41, 5.74) is 0. The highest BCUT2D eigenvalue weighted by Crippen LogP contribution is 2.10. The Hall–Kier alpha value is 0.0500. The van der Waals surface area contributed by atoms with Crippen molar-refractivity contribution in [2.45, 2.75) is 26.2 Å². The summed E-state index contributed by atoms with van der Waals surface area (Å²) in [5.74, 6) is 0.166. The topological polar surface area (TPSA) is 26.3 Å². The number of unbranched alkanes of at least 4 members (excludes halogenated alkanes) is 1. The van der Waals surface area contributed by atoms with Crippen molar-refractivity contribution >= 4 is 29.4 Å². The molecule has 0 bridgehead atoms. The molecule has 0 aliphatic carbocycles. The summed E-state index contributed by atoms with van der Waals surface area (Å²) in [5, 5.41) is 0. The normalized spacial score (nSPS) is 12.6. The van der Waals surface area contributed by atoms with Crippen LogP contribution in [0.1, 0.15) is 26.2 Å². The van der Waals surface area contributed by atoms with Crippen LogP contribution in [0.5, 0.6) is 0 Å². The van der Waals surface area contributed by atoms with Crippen molar-refractivity contribution in [3.05, 3.63) is 0 Å². The summed E-state index contributed by atoms with van der Waals surface area (Å²) in [6, 6.07) is 0. The zero-order valence-corrected chi connectivity index (χ0v) is 7.99. The molecule has 4 heteroatoms. The van der Waals surface area contributed by atoms with Crippen molar-refractivity contribution < 1.29 is 9.08 Å². The number of carbonyl (C=O) groups excluding carboxylic acids is 1. The maximum atomic E-state index is 10.7. The van der Waals surface area contributed by atoms with E-state index in [0.29, 0.717) is 5.88 Å². The summed E-state index contributed by atoms with van der Waals surface area (Å²) < 4.78 is 4.04. The van der Waals surface area contributed by atoms with Crippen LogP contribution in [0.25, 0.3) is 0 Å². The SMILES string of the molecule is CC(CCCCCl)C(=O)OCl. The molecule has 0 rings (SSSR count). The molecule has 0 saturated carbocycles. The Morgan fingerprint density at radius 1 is 1.55 bits per heavy atom. The van der Waals surface area contributed by atoms with E-state index in [1.165, 1.54) is 0 Å². The van der Waals surface area contributed by atoms with Crippen molar-refractivity contribution in [3.8, 4) is 0 Å². The number of hydrogen-bond donors (Lipinski definition) is 0. The van der Waals surface area contributed by atoms with Gasteiger partial charge in [0.1, 0.15) is 11.9 Å². The molecule has 0 radical (unpaired) electrons. The smallest absolute Gasteiger partial charge is 0.327 e. The molecule has 0 amide bonds. The summed E-state index contributed by atoms with van der Waals surface area (Å²) in [4.78, 5) is 10.7. The molecule has 0 heterocycles. The molecule has 0 aliphatic rings. The summed E-state index contributed by atoms with van der Waals surface area (Å²) in [6.07, 6.45) is 2.66. The Bertz CT molecular complexity index is 117. The van der Waals surface area contributed by atoms with Gasteiger partial charge in [-0.05, 0) is 12.8 Å². The Labute approximate surface area is 77.0 Å². The maximum Gasteiger partial charge on any atom is 0.327 e. The largest absolute Gasteiger partial charge is 0.347 e. The molecule has 0 aromatic carbocycles. The lowest BCUT2D eigenvalue weighted by atomic mass is 10.1. The monoisotopic (exact) mass is 198 g/mol. The first-order valence-corrected chi connectivity index (χ1v) is 4.45. The van der Waals surface area contributed by atoms with E-state index < -0.39 is 0 Å². The van der Waals surface area contributed by atoms with Gasteiger partial charge in [-0.25, -0.2) is 0 Å². The molecule has 1 unspecified atom stereocenters. The van der Waals surface area contributed by atoms with Gasteiger partial charge in [-0.1, -0.05) is 13.3 Å². The molecular weight excluding hydrogens is 187 g/mol. The van der Waals surface area contributed by atoms with E-state index in [0.717, 1.165) is 19.3 Å². The van der Waals surface area contributed by atoms with E-state index in [2.05, 4.69) is 4.29 Å². The van der Waals surface area contributed by atoms with E-state index in [-0.39, 0.29) is 11.9 Å². The molecule has 0 saturated heterocycles. The van der Waals surface area contributed by atoms with Gasteiger partial charge in [-0.15, -0.1) is 11.6 Å². The second-order valence-corrected chi connectivity index (χ2v) is 3.01. The van der Waals surface area contributed by atoms with Crippen LogP contribution in [0.2, 0.25) is 0 Å². The standard InChI is InChI=1S/C7H12Cl2O2/c1-6(7(10)11-9)4-2-3-5-8/h6H,2-5H2,1H3. The van der Waals surface area contributed by atoms with Crippen LogP contribution in [0.4, 0.5) is 0 Å². The molecule has 0 N–H and O–H groups in total. The average Bonchev–Trinajstić information content (AvgIpc) is 2.03. The Kier molecular flexibility index (Phi) is 6.77. The summed E-state index contributed by atoms with van der Waals surface area (Å²) in [7, 11) is 0. The Balaban J connectivity index is 3.36. The van der Waals surface area contributed by atoms with Crippen LogP contribution < -0.4 is 0 Å². The fourth-order valence-corrected chi connectivity index (χ4v) is 1.08. The van der Waals surface area contributed by atoms with Crippen LogP contribution in [0.15, 0.2) is 0 Å². The van der Waals surface area contributed by atoms with Crippen molar-refractivity contribution in [3.63, 3.8) is 0 Å². The van der Waals surface area contributed by atoms with Crippen molar-refractivity contribution in [2.24, 2.45) is 5.92 Å². The van der Waals surface area contributed by atoms with E-state index >= 15 is 0 Å². The highest BCUT2D eigenvalue weighted by atomic mass is 35.5. The molecule has 2 nitrogen and oxygen atoms in total. The number of hydrogen-bond acceptors (Lipinski definition) is 2. The number of halogens is 2. The number of rotatable bonds is 5. The molecule has 0 spiro atoms. The molecule has 0 aromatic heterocycles. The average molecular weight is 199 g/mol. The molecular formula is C7H12Cl2O2. The Morgan fingerprint density at radius 3 is 2.64 bits per heavy atom. The lowest BCUT2D eigenvalue weighted by molar-refractivity contribution is -0.138. The first-order valence-electron chi connectivity index (χ1n) is 3.60. The zero-order valence-electron chi connectivity index (χ0n) is 6.48. The van der Waals surface area contributed by atoms with Crippen LogP contribution in [-0.2, 0) is 9.08 Å². The van der Waals surface area contributed by atoms with E-state index in [1.807, 2.05) is 0 Å². The second kappa shape index (κ2) is 6.74. The minimum absolute atomic E-state index is 0.115. The molecule has 66 valence electrons. The zero-order chi connectivity index (χ0) is 8.69. The molecule has 0 aliphatic heterocycles. The van der Waals surface area contributed by atoms with Gasteiger partial charge >= 0.3 is 5.97 Å². The van der Waals surface area contributed by atoms with Gasteiger partial charge in [-0.2, -0.15) is 0 Å². The van der Waals surface area contributed by atoms with Gasteiger partial charge in [0.05, 0.1) is 5.92 Å². The highest BCUT2D eigenvalue weighted by Gasteiger charge is 2.12. The van der Waals surface area contributed by atoms with Gasteiger partial charge in [0, 0.05) is 5.88 Å². The van der Waals surface area contributed by atoms with E-state index in [4.69, 9.17) is 23.5 Å². The third-order valence-electron chi connectivity index (χ3n) is 1.50. The van der Waals surface area contributed by atoms with Crippen LogP contribution in [0, 0.1) is 5.92 Å². The fraction of sp³-hybridized carbons (Fsp3) is 0.857. The lowest BCUT2D eigenvalue weighted by Gasteiger charge is -2.05. The second-order valence-electron chi connectivity index (χ2n) is 2.48. The lowest BCUT2D eigenvalue weighted by Crippen LogP contribution is -2.10. The third kappa shape index (κ3) is 5.33. The van der Waals surface area contributed by atoms with Crippen molar-refractivity contribution in [2.75, 3.05) is 5.88 Å². The summed E-state index contributed by atoms with van der Waals surface area (Å²) in [6.45, 7) is 1.79. The highest BCUT2D eigenvalue weighted by molar-refractivity contribution is 6.17. The van der Waals surface area contributed by atoms with Crippen molar-refractivity contribution in [1.29, 1.82) is 0 Å². The third-order valence-corrected chi connectivity index (χ3v) is 1.92. The number of carbonyl (C=O) groups is 1. The molecule has 0 aromatic rings. The van der Waals surface area contributed by atoms with Gasteiger partial charge in [-0.3, -0.25) is 4.79 Å². The van der Waals surface area contributed by atoms with Crippen molar-refractivity contribution in [1.82, 2.24) is 0 Å². The van der Waals surface area contributed by atoms with Crippen LogP contribution in [-0.4, -0.2) is 11.8 Å². The van der Waals surface area contributed by atoms with Gasteiger partial charge in [0.25, 0.3) is 0 Å². The maximum absolute atomic E-state index is 10.7. The Morgan fingerprint density at radius 2 is 2.18 bits per heavy atom. The minimum Gasteiger partial charge on any atom is -0.347 e. The quantitative estimate of drug-likeness (QED) is 0.502. The minimum atomic E-state index is -0.360. The molecule has 11 heavy (non-hydrogen) atoms. The fourth-order valence-electron chi connectivity index (χ4n) is 0.739. The van der Waals surface area contributed by atoms with Gasteiger partial charge in [0.2, 0.25) is 0 Å². The molecule has 1 atom stereocenters. The predicted octanol–water partition coefficient (Wildman–Crippen LogP) is 2.73. The number of alkyl halides is 1. The first-order chi connectivity index (χ1) is 5.22. The van der Waals surface area contributed by atoms with Gasteiger partial charge in [0.15, 0.2) is 0 Å². The van der Waals surface area contributed by atoms with Crippen LogP contribution >= 0.6 is 23.5 Å². The van der Waals surface area contributed by atoms with Gasteiger partial charge < -0.3 is 4.29 Å². The van der Waals surface area contributed by atoms with E-state index in [9.17, 15) is 4.79 Å².